The highest BCUT2D eigenvalue weighted by molar-refractivity contribution is 14.0. The van der Waals surface area contributed by atoms with E-state index in [-0.39, 0.29) is 24.0 Å². The third-order valence-corrected chi connectivity index (χ3v) is 4.20. The summed E-state index contributed by atoms with van der Waals surface area (Å²) in [7, 11) is 1.79. The first-order chi connectivity index (χ1) is 12.4. The van der Waals surface area contributed by atoms with Gasteiger partial charge in [-0.1, -0.05) is 60.7 Å². The quantitative estimate of drug-likeness (QED) is 0.222. The van der Waals surface area contributed by atoms with Crippen molar-refractivity contribution in [2.45, 2.75) is 18.9 Å². The first-order valence-electron chi connectivity index (χ1n) is 8.76. The molecule has 2 aromatic rings. The summed E-state index contributed by atoms with van der Waals surface area (Å²) in [4.78, 5) is 4.27. The lowest BCUT2D eigenvalue weighted by molar-refractivity contribution is 0.323. The van der Waals surface area contributed by atoms with Gasteiger partial charge in [0.15, 0.2) is 5.96 Å². The third kappa shape index (κ3) is 5.76. The molecule has 0 fully saturated rings. The number of aliphatic imine (C=N–C) groups is 1. The standard InChI is InChI=1S/C21H25N3O.HI/c1-22-21(24-18-11-5-6-12-18)23-15-16-25-20-14-8-7-13-19(20)17-9-3-2-4-10-17;/h2-10,13-14,18H,11-12,15-16H2,1H3,(H2,22,23,24);1H. The van der Waals surface area contributed by atoms with Crippen LogP contribution in [0.3, 0.4) is 0 Å². The molecule has 2 N–H and O–H groups in total. The number of nitrogens with one attached hydrogen (secondary N) is 2. The predicted octanol–water partition coefficient (Wildman–Crippen LogP) is 4.23. The topological polar surface area (TPSA) is 45.7 Å². The smallest absolute Gasteiger partial charge is 0.191 e. The van der Waals surface area contributed by atoms with Crippen molar-refractivity contribution in [1.29, 1.82) is 0 Å². The second-order valence-corrected chi connectivity index (χ2v) is 5.99. The fraction of sp³-hybridized carbons (Fsp3) is 0.286. The molecule has 0 amide bonds. The van der Waals surface area contributed by atoms with Crippen molar-refractivity contribution < 1.29 is 4.74 Å². The molecule has 5 heteroatoms. The van der Waals surface area contributed by atoms with Gasteiger partial charge in [-0.25, -0.2) is 0 Å². The van der Waals surface area contributed by atoms with Gasteiger partial charge in [-0.2, -0.15) is 0 Å². The molecule has 0 aliphatic heterocycles. The molecule has 0 radical (unpaired) electrons. The summed E-state index contributed by atoms with van der Waals surface area (Å²) in [5.74, 6) is 1.73. The zero-order valence-corrected chi connectivity index (χ0v) is 17.4. The third-order valence-electron chi connectivity index (χ3n) is 4.20. The maximum Gasteiger partial charge on any atom is 0.191 e. The summed E-state index contributed by atoms with van der Waals surface area (Å²) in [6.45, 7) is 1.27. The van der Waals surface area contributed by atoms with Gasteiger partial charge in [-0.05, 0) is 24.5 Å². The van der Waals surface area contributed by atoms with Crippen molar-refractivity contribution >= 4 is 29.9 Å². The van der Waals surface area contributed by atoms with Gasteiger partial charge in [0.1, 0.15) is 12.4 Å². The highest BCUT2D eigenvalue weighted by Crippen LogP contribution is 2.29. The van der Waals surface area contributed by atoms with Crippen LogP contribution in [0.15, 0.2) is 71.7 Å². The van der Waals surface area contributed by atoms with E-state index in [0.717, 1.165) is 35.7 Å². The summed E-state index contributed by atoms with van der Waals surface area (Å²) in [5, 5.41) is 6.73. The van der Waals surface area contributed by atoms with E-state index < -0.39 is 0 Å². The van der Waals surface area contributed by atoms with E-state index in [2.05, 4.69) is 46.0 Å². The molecule has 138 valence electrons. The molecule has 1 aliphatic rings. The number of hydrogen-bond donors (Lipinski definition) is 2. The van der Waals surface area contributed by atoms with Crippen molar-refractivity contribution in [1.82, 2.24) is 10.6 Å². The second kappa shape index (κ2) is 10.9. The molecule has 4 nitrogen and oxygen atoms in total. The van der Waals surface area contributed by atoms with Crippen LogP contribution >= 0.6 is 24.0 Å². The number of rotatable bonds is 6. The number of benzene rings is 2. The molecule has 0 atom stereocenters. The monoisotopic (exact) mass is 463 g/mol. The summed E-state index contributed by atoms with van der Waals surface area (Å²) >= 11 is 0. The van der Waals surface area contributed by atoms with E-state index >= 15 is 0 Å². The van der Waals surface area contributed by atoms with Gasteiger partial charge >= 0.3 is 0 Å². The lowest BCUT2D eigenvalue weighted by Gasteiger charge is -2.17. The average Bonchev–Trinajstić information content (AvgIpc) is 3.18. The number of para-hydroxylation sites is 1. The normalized spacial score (nSPS) is 14.0. The van der Waals surface area contributed by atoms with Crippen molar-refractivity contribution in [3.63, 3.8) is 0 Å². The molecule has 0 spiro atoms. The Kier molecular flexibility index (Phi) is 8.47. The van der Waals surface area contributed by atoms with Crippen LogP contribution in [0.1, 0.15) is 12.8 Å². The molecule has 0 heterocycles. The molecule has 0 saturated heterocycles. The second-order valence-electron chi connectivity index (χ2n) is 5.99. The van der Waals surface area contributed by atoms with Gasteiger partial charge in [0, 0.05) is 18.7 Å². The van der Waals surface area contributed by atoms with Crippen LogP contribution in [0, 0.1) is 0 Å². The molecule has 0 saturated carbocycles. The van der Waals surface area contributed by atoms with Gasteiger partial charge in [-0.15, -0.1) is 24.0 Å². The van der Waals surface area contributed by atoms with E-state index in [1.165, 1.54) is 0 Å². The molecular formula is C21H26IN3O. The molecule has 3 rings (SSSR count). The summed E-state index contributed by atoms with van der Waals surface area (Å²) in [6.07, 6.45) is 6.52. The number of halogens is 1. The van der Waals surface area contributed by atoms with Crippen LogP contribution in [0.4, 0.5) is 0 Å². The maximum atomic E-state index is 6.00. The van der Waals surface area contributed by atoms with Crippen LogP contribution in [0.2, 0.25) is 0 Å². The molecular weight excluding hydrogens is 437 g/mol. The fourth-order valence-electron chi connectivity index (χ4n) is 2.90. The van der Waals surface area contributed by atoms with Gasteiger partial charge in [-0.3, -0.25) is 4.99 Å². The van der Waals surface area contributed by atoms with Gasteiger partial charge in [0.25, 0.3) is 0 Å². The Morgan fingerprint density at radius 2 is 1.73 bits per heavy atom. The van der Waals surface area contributed by atoms with Crippen LogP contribution in [-0.2, 0) is 0 Å². The molecule has 1 aliphatic carbocycles. The van der Waals surface area contributed by atoms with Gasteiger partial charge < -0.3 is 15.4 Å². The van der Waals surface area contributed by atoms with Crippen molar-refractivity contribution in [3.05, 3.63) is 66.7 Å². The number of ether oxygens (including phenoxy) is 1. The van der Waals surface area contributed by atoms with Crippen molar-refractivity contribution in [2.24, 2.45) is 4.99 Å². The minimum atomic E-state index is 0. The van der Waals surface area contributed by atoms with Crippen LogP contribution in [0.25, 0.3) is 11.1 Å². The summed E-state index contributed by atoms with van der Waals surface area (Å²) in [6, 6.07) is 18.9. The first kappa shape index (κ1) is 20.3. The van der Waals surface area contributed by atoms with Crippen LogP contribution in [-0.4, -0.2) is 32.2 Å². The Morgan fingerprint density at radius 3 is 2.46 bits per heavy atom. The zero-order valence-electron chi connectivity index (χ0n) is 15.0. The summed E-state index contributed by atoms with van der Waals surface area (Å²) < 4.78 is 6.00. The lowest BCUT2D eigenvalue weighted by atomic mass is 10.1. The largest absolute Gasteiger partial charge is 0.491 e. The van der Waals surface area contributed by atoms with Gasteiger partial charge in [0.2, 0.25) is 0 Å². The highest BCUT2D eigenvalue weighted by atomic mass is 127. The van der Waals surface area contributed by atoms with Gasteiger partial charge in [0.05, 0.1) is 6.54 Å². The minimum Gasteiger partial charge on any atom is -0.491 e. The van der Waals surface area contributed by atoms with E-state index in [0.29, 0.717) is 19.2 Å². The molecule has 26 heavy (non-hydrogen) atoms. The highest BCUT2D eigenvalue weighted by Gasteiger charge is 2.11. The Morgan fingerprint density at radius 1 is 1.04 bits per heavy atom. The first-order valence-corrected chi connectivity index (χ1v) is 8.76. The van der Waals surface area contributed by atoms with Crippen molar-refractivity contribution in [3.8, 4) is 16.9 Å². The van der Waals surface area contributed by atoms with Crippen molar-refractivity contribution in [2.75, 3.05) is 20.2 Å². The van der Waals surface area contributed by atoms with E-state index in [1.807, 2.05) is 36.4 Å². The fourth-order valence-corrected chi connectivity index (χ4v) is 2.90. The Hall–Kier alpha value is -2.02. The molecule has 0 bridgehead atoms. The Balaban J connectivity index is 0.00000243. The number of nitrogens with zero attached hydrogens (tertiary/aromatic N) is 1. The van der Waals surface area contributed by atoms with E-state index in [4.69, 9.17) is 4.74 Å². The number of hydrogen-bond acceptors (Lipinski definition) is 2. The zero-order chi connectivity index (χ0) is 17.3. The van der Waals surface area contributed by atoms with Crippen LogP contribution < -0.4 is 15.4 Å². The molecule has 0 aromatic heterocycles. The Bertz CT molecular complexity index is 723. The summed E-state index contributed by atoms with van der Waals surface area (Å²) in [5.41, 5.74) is 2.28. The predicted molar refractivity (Wildman–Crippen MR) is 119 cm³/mol. The minimum absolute atomic E-state index is 0. The van der Waals surface area contributed by atoms with E-state index in [9.17, 15) is 0 Å². The SMILES string of the molecule is CN=C(NCCOc1ccccc1-c1ccccc1)NC1CC=CC1.I. The van der Waals surface area contributed by atoms with E-state index in [1.54, 1.807) is 7.05 Å². The average molecular weight is 463 g/mol. The van der Waals surface area contributed by atoms with Crippen LogP contribution in [0.5, 0.6) is 5.75 Å². The number of guanidine groups is 1. The maximum absolute atomic E-state index is 6.00. The Labute approximate surface area is 172 Å². The lowest BCUT2D eigenvalue weighted by Crippen LogP contribution is -2.43. The molecule has 0 unspecified atom stereocenters. The molecule has 2 aromatic carbocycles.